The largest absolute Gasteiger partial charge is 0.381 e. The molecular weight excluding hydrogens is 366 g/mol. The topological polar surface area (TPSA) is 61.9 Å². The second-order valence-electron chi connectivity index (χ2n) is 7.36. The molecular formula is C20H28ClN3O3. The van der Waals surface area contributed by atoms with E-state index in [1.165, 1.54) is 0 Å². The van der Waals surface area contributed by atoms with E-state index >= 15 is 0 Å². The van der Waals surface area contributed by atoms with E-state index in [0.717, 1.165) is 31.2 Å². The molecule has 2 aliphatic rings. The van der Waals surface area contributed by atoms with Crippen LogP contribution in [0.4, 0.5) is 4.79 Å². The zero-order valence-corrected chi connectivity index (χ0v) is 16.6. The maximum Gasteiger partial charge on any atom is 0.317 e. The standard InChI is InChI=1S/C20H28ClN3O3/c1-16(25)24-12-11-23(10-6-20(24)7-13-27-14-8-20)19(26)22-9-5-17-3-2-4-18(21)15-17/h2-4,15H,5-14H2,1H3,(H,22,26). The second kappa shape index (κ2) is 8.93. The maximum atomic E-state index is 12.6. The quantitative estimate of drug-likeness (QED) is 0.858. The number of rotatable bonds is 3. The van der Waals surface area contributed by atoms with Crippen LogP contribution >= 0.6 is 11.6 Å². The first-order chi connectivity index (χ1) is 13.0. The molecule has 1 aromatic rings. The Bertz CT molecular complexity index is 676. The predicted octanol–water partition coefficient (Wildman–Crippen LogP) is 2.70. The molecule has 0 atom stereocenters. The fraction of sp³-hybridized carbons (Fsp3) is 0.600. The van der Waals surface area contributed by atoms with Gasteiger partial charge >= 0.3 is 6.03 Å². The van der Waals surface area contributed by atoms with Crippen LogP contribution in [-0.4, -0.2) is 66.7 Å². The Morgan fingerprint density at radius 2 is 1.96 bits per heavy atom. The zero-order chi connectivity index (χ0) is 19.3. The van der Waals surface area contributed by atoms with Gasteiger partial charge in [-0.3, -0.25) is 4.79 Å². The summed E-state index contributed by atoms with van der Waals surface area (Å²) in [6.45, 7) is 5.34. The Kier molecular flexibility index (Phi) is 6.60. The van der Waals surface area contributed by atoms with Gasteiger partial charge in [-0.1, -0.05) is 23.7 Å². The first kappa shape index (κ1) is 20.0. The van der Waals surface area contributed by atoms with Crippen molar-refractivity contribution in [3.05, 3.63) is 34.9 Å². The molecule has 2 aliphatic heterocycles. The minimum atomic E-state index is -0.167. The van der Waals surface area contributed by atoms with Crippen LogP contribution in [-0.2, 0) is 16.0 Å². The highest BCUT2D eigenvalue weighted by Crippen LogP contribution is 2.33. The van der Waals surface area contributed by atoms with Crippen molar-refractivity contribution < 1.29 is 14.3 Å². The molecule has 148 valence electrons. The lowest BCUT2D eigenvalue weighted by Crippen LogP contribution is -2.54. The molecule has 0 unspecified atom stereocenters. The van der Waals surface area contributed by atoms with Gasteiger partial charge in [-0.05, 0) is 43.4 Å². The Hall–Kier alpha value is -1.79. The molecule has 6 nitrogen and oxygen atoms in total. The van der Waals surface area contributed by atoms with Gasteiger partial charge in [0.1, 0.15) is 0 Å². The lowest BCUT2D eigenvalue weighted by Gasteiger charge is -2.44. The number of carbonyl (C=O) groups excluding carboxylic acids is 2. The van der Waals surface area contributed by atoms with Crippen LogP contribution in [0.15, 0.2) is 24.3 Å². The maximum absolute atomic E-state index is 12.6. The first-order valence-electron chi connectivity index (χ1n) is 9.63. The van der Waals surface area contributed by atoms with E-state index in [9.17, 15) is 9.59 Å². The number of amides is 3. The molecule has 0 aromatic heterocycles. The average Bonchev–Trinajstić information content (AvgIpc) is 2.82. The normalized spacial score (nSPS) is 19.6. The van der Waals surface area contributed by atoms with Crippen LogP contribution in [0.5, 0.6) is 0 Å². The van der Waals surface area contributed by atoms with E-state index in [1.807, 2.05) is 34.1 Å². The number of carbonyl (C=O) groups is 2. The van der Waals surface area contributed by atoms with Crippen LogP contribution < -0.4 is 5.32 Å². The number of hydrogen-bond donors (Lipinski definition) is 1. The molecule has 7 heteroatoms. The molecule has 3 amide bonds. The van der Waals surface area contributed by atoms with Crippen molar-refractivity contribution in [2.45, 2.75) is 38.1 Å². The van der Waals surface area contributed by atoms with Gasteiger partial charge in [-0.15, -0.1) is 0 Å². The Morgan fingerprint density at radius 3 is 2.67 bits per heavy atom. The third kappa shape index (κ3) is 4.93. The highest BCUT2D eigenvalue weighted by Gasteiger charge is 2.42. The van der Waals surface area contributed by atoms with Gasteiger partial charge in [0, 0.05) is 56.9 Å². The molecule has 0 bridgehead atoms. The fourth-order valence-electron chi connectivity index (χ4n) is 4.13. The summed E-state index contributed by atoms with van der Waals surface area (Å²) in [5, 5.41) is 3.71. The number of urea groups is 1. The first-order valence-corrected chi connectivity index (χ1v) is 10.0. The van der Waals surface area contributed by atoms with E-state index in [0.29, 0.717) is 44.4 Å². The number of halogens is 1. The molecule has 1 spiro atoms. The SMILES string of the molecule is CC(=O)N1CCN(C(=O)NCCc2cccc(Cl)c2)CCC12CCOCC2. The van der Waals surface area contributed by atoms with Crippen molar-refractivity contribution >= 4 is 23.5 Å². The number of ether oxygens (including phenoxy) is 1. The summed E-state index contributed by atoms with van der Waals surface area (Å²) in [4.78, 5) is 28.6. The number of nitrogens with zero attached hydrogens (tertiary/aromatic N) is 2. The van der Waals surface area contributed by atoms with Crippen molar-refractivity contribution in [2.75, 3.05) is 39.4 Å². The molecule has 2 fully saturated rings. The summed E-state index contributed by atoms with van der Waals surface area (Å²) in [6, 6.07) is 7.61. The van der Waals surface area contributed by atoms with E-state index in [-0.39, 0.29) is 17.5 Å². The Balaban J connectivity index is 1.56. The third-order valence-corrected chi connectivity index (χ3v) is 5.92. The van der Waals surface area contributed by atoms with Crippen LogP contribution in [0, 0.1) is 0 Å². The van der Waals surface area contributed by atoms with Crippen molar-refractivity contribution in [3.8, 4) is 0 Å². The van der Waals surface area contributed by atoms with Crippen LogP contribution in [0.25, 0.3) is 0 Å². The minimum Gasteiger partial charge on any atom is -0.381 e. The van der Waals surface area contributed by atoms with Crippen LogP contribution in [0.3, 0.4) is 0 Å². The summed E-state index contributed by atoms with van der Waals surface area (Å²) < 4.78 is 5.50. The van der Waals surface area contributed by atoms with E-state index < -0.39 is 0 Å². The fourth-order valence-corrected chi connectivity index (χ4v) is 4.34. The monoisotopic (exact) mass is 393 g/mol. The van der Waals surface area contributed by atoms with Gasteiger partial charge in [0.2, 0.25) is 5.91 Å². The molecule has 1 aromatic carbocycles. The Morgan fingerprint density at radius 1 is 1.19 bits per heavy atom. The predicted molar refractivity (Wildman–Crippen MR) is 105 cm³/mol. The summed E-state index contributed by atoms with van der Waals surface area (Å²) in [6.07, 6.45) is 3.23. The van der Waals surface area contributed by atoms with Crippen molar-refractivity contribution in [1.82, 2.24) is 15.1 Å². The van der Waals surface area contributed by atoms with Gasteiger partial charge in [-0.2, -0.15) is 0 Å². The number of nitrogens with one attached hydrogen (secondary N) is 1. The smallest absolute Gasteiger partial charge is 0.317 e. The lowest BCUT2D eigenvalue weighted by molar-refractivity contribution is -0.139. The second-order valence-corrected chi connectivity index (χ2v) is 7.79. The molecule has 3 rings (SSSR count). The van der Waals surface area contributed by atoms with Gasteiger partial charge in [0.25, 0.3) is 0 Å². The van der Waals surface area contributed by atoms with Crippen molar-refractivity contribution in [1.29, 1.82) is 0 Å². The van der Waals surface area contributed by atoms with Gasteiger partial charge in [-0.25, -0.2) is 4.79 Å². The Labute approximate surface area is 165 Å². The van der Waals surface area contributed by atoms with Gasteiger partial charge in [0.05, 0.1) is 0 Å². The molecule has 1 N–H and O–H groups in total. The average molecular weight is 394 g/mol. The third-order valence-electron chi connectivity index (χ3n) is 5.68. The minimum absolute atomic E-state index is 0.0651. The lowest BCUT2D eigenvalue weighted by atomic mass is 9.84. The summed E-state index contributed by atoms with van der Waals surface area (Å²) in [5.74, 6) is 0.0834. The van der Waals surface area contributed by atoms with Crippen LogP contribution in [0.1, 0.15) is 31.7 Å². The highest BCUT2D eigenvalue weighted by molar-refractivity contribution is 6.30. The van der Waals surface area contributed by atoms with E-state index in [2.05, 4.69) is 5.32 Å². The summed E-state index contributed by atoms with van der Waals surface area (Å²) in [5.41, 5.74) is 0.933. The molecule has 0 radical (unpaired) electrons. The summed E-state index contributed by atoms with van der Waals surface area (Å²) >= 11 is 6.00. The zero-order valence-electron chi connectivity index (χ0n) is 15.9. The molecule has 0 saturated carbocycles. The molecule has 27 heavy (non-hydrogen) atoms. The van der Waals surface area contributed by atoms with Gasteiger partial charge in [0.15, 0.2) is 0 Å². The molecule has 2 heterocycles. The van der Waals surface area contributed by atoms with E-state index in [1.54, 1.807) is 6.92 Å². The molecule has 0 aliphatic carbocycles. The summed E-state index contributed by atoms with van der Waals surface area (Å²) in [7, 11) is 0. The molecule has 2 saturated heterocycles. The van der Waals surface area contributed by atoms with Crippen LogP contribution in [0.2, 0.25) is 5.02 Å². The van der Waals surface area contributed by atoms with Crippen molar-refractivity contribution in [2.24, 2.45) is 0 Å². The highest BCUT2D eigenvalue weighted by atomic mass is 35.5. The van der Waals surface area contributed by atoms with Gasteiger partial charge < -0.3 is 19.9 Å². The number of benzene rings is 1. The number of hydrogen-bond acceptors (Lipinski definition) is 3. The van der Waals surface area contributed by atoms with E-state index in [4.69, 9.17) is 16.3 Å². The van der Waals surface area contributed by atoms with Crippen molar-refractivity contribution in [3.63, 3.8) is 0 Å².